The number of carbonyl (C=O) groups is 2. The monoisotopic (exact) mass is 407 g/mol. The predicted octanol–water partition coefficient (Wildman–Crippen LogP) is 5.36. The van der Waals surface area contributed by atoms with Gasteiger partial charge in [0, 0.05) is 17.4 Å². The zero-order chi connectivity index (χ0) is 21.2. The number of pyridine rings is 1. The van der Waals surface area contributed by atoms with Crippen LogP contribution in [0.25, 0.3) is 11.1 Å². The molecule has 0 unspecified atom stereocenters. The highest BCUT2D eigenvalue weighted by Gasteiger charge is 2.22. The van der Waals surface area contributed by atoms with Crippen molar-refractivity contribution in [3.05, 3.63) is 102 Å². The largest absolute Gasteiger partial charge is 0.436 e. The number of fused-ring (bicyclic) bond motifs is 2. The van der Waals surface area contributed by atoms with Crippen LogP contribution in [0.3, 0.4) is 0 Å². The number of nitrogens with zero attached hydrogens (tertiary/aromatic N) is 1. The van der Waals surface area contributed by atoms with Gasteiger partial charge in [0.1, 0.15) is 11.4 Å². The van der Waals surface area contributed by atoms with E-state index in [-0.39, 0.29) is 11.8 Å². The summed E-state index contributed by atoms with van der Waals surface area (Å²) < 4.78 is 5.77. The average molecular weight is 407 g/mol. The minimum atomic E-state index is -0.329. The summed E-state index contributed by atoms with van der Waals surface area (Å²) in [6.07, 6.45) is 1.59. The smallest absolute Gasteiger partial charge is 0.259 e. The van der Waals surface area contributed by atoms with E-state index in [4.69, 9.17) is 4.74 Å². The van der Waals surface area contributed by atoms with Crippen molar-refractivity contribution < 1.29 is 14.3 Å². The van der Waals surface area contributed by atoms with Crippen LogP contribution in [0.4, 0.5) is 11.4 Å². The Morgan fingerprint density at radius 1 is 0.871 bits per heavy atom. The van der Waals surface area contributed by atoms with Gasteiger partial charge in [0.25, 0.3) is 11.8 Å². The van der Waals surface area contributed by atoms with Crippen LogP contribution in [0, 0.1) is 0 Å². The van der Waals surface area contributed by atoms with Gasteiger partial charge in [-0.2, -0.15) is 0 Å². The molecule has 3 aromatic carbocycles. The van der Waals surface area contributed by atoms with Crippen molar-refractivity contribution in [1.82, 2.24) is 4.98 Å². The second kappa shape index (κ2) is 7.76. The summed E-state index contributed by atoms with van der Waals surface area (Å²) in [5, 5.41) is 5.61. The summed E-state index contributed by atoms with van der Waals surface area (Å²) in [5.74, 6) is 0.106. The molecule has 0 atom stereocenters. The molecule has 31 heavy (non-hydrogen) atoms. The van der Waals surface area contributed by atoms with Crippen LogP contribution in [0.1, 0.15) is 20.7 Å². The number of nitrogens with one attached hydrogen (secondary N) is 2. The topological polar surface area (TPSA) is 80.3 Å². The molecule has 1 aliphatic rings. The number of carbonyl (C=O) groups excluding carboxylic acids is 2. The van der Waals surface area contributed by atoms with Crippen molar-refractivity contribution in [3.8, 4) is 22.8 Å². The molecule has 0 spiro atoms. The Bertz CT molecular complexity index is 1290. The van der Waals surface area contributed by atoms with E-state index in [0.29, 0.717) is 34.1 Å². The Balaban J connectivity index is 1.36. The maximum absolute atomic E-state index is 12.7. The van der Waals surface area contributed by atoms with Crippen molar-refractivity contribution in [2.75, 3.05) is 10.6 Å². The number of hydrogen-bond acceptors (Lipinski definition) is 4. The molecule has 0 radical (unpaired) electrons. The van der Waals surface area contributed by atoms with Crippen molar-refractivity contribution in [3.63, 3.8) is 0 Å². The van der Waals surface area contributed by atoms with Crippen LogP contribution < -0.4 is 15.4 Å². The van der Waals surface area contributed by atoms with E-state index in [0.717, 1.165) is 11.1 Å². The number of aromatic nitrogens is 1. The first kappa shape index (κ1) is 18.6. The van der Waals surface area contributed by atoms with Crippen LogP contribution >= 0.6 is 0 Å². The first-order chi connectivity index (χ1) is 15.2. The van der Waals surface area contributed by atoms with Crippen molar-refractivity contribution in [2.24, 2.45) is 0 Å². The molecule has 5 rings (SSSR count). The molecular formula is C25H17N3O3. The van der Waals surface area contributed by atoms with Gasteiger partial charge in [-0.05, 0) is 53.6 Å². The highest BCUT2D eigenvalue weighted by molar-refractivity contribution is 6.09. The number of amides is 2. The first-order valence-corrected chi connectivity index (χ1v) is 9.72. The number of hydrogen-bond donors (Lipinski definition) is 2. The predicted molar refractivity (Wildman–Crippen MR) is 119 cm³/mol. The molecule has 2 amide bonds. The third-order valence-electron chi connectivity index (χ3n) is 4.96. The molecule has 2 N–H and O–H groups in total. The van der Waals surface area contributed by atoms with Crippen LogP contribution in [-0.2, 0) is 0 Å². The fraction of sp³-hybridized carbons (Fsp3) is 0. The number of anilines is 2. The van der Waals surface area contributed by atoms with Crippen molar-refractivity contribution >= 4 is 23.2 Å². The molecule has 0 saturated heterocycles. The van der Waals surface area contributed by atoms with Gasteiger partial charge in [0.05, 0.1) is 5.56 Å². The molecule has 1 aliphatic heterocycles. The lowest BCUT2D eigenvalue weighted by Crippen LogP contribution is -2.14. The van der Waals surface area contributed by atoms with Gasteiger partial charge in [-0.3, -0.25) is 9.59 Å². The van der Waals surface area contributed by atoms with Crippen molar-refractivity contribution in [2.45, 2.75) is 0 Å². The third-order valence-corrected chi connectivity index (χ3v) is 4.96. The Labute approximate surface area is 178 Å². The summed E-state index contributed by atoms with van der Waals surface area (Å²) in [6.45, 7) is 0. The second-order valence-electron chi connectivity index (χ2n) is 7.02. The van der Waals surface area contributed by atoms with Gasteiger partial charge in [-0.25, -0.2) is 4.98 Å². The minimum absolute atomic E-state index is 0.264. The highest BCUT2D eigenvalue weighted by Crippen LogP contribution is 2.35. The third kappa shape index (κ3) is 3.74. The lowest BCUT2D eigenvalue weighted by atomic mass is 10.0. The van der Waals surface area contributed by atoms with Gasteiger partial charge in [0.2, 0.25) is 5.88 Å². The maximum Gasteiger partial charge on any atom is 0.259 e. The summed E-state index contributed by atoms with van der Waals surface area (Å²) >= 11 is 0. The molecule has 0 fully saturated rings. The molecule has 4 aromatic rings. The van der Waals surface area contributed by atoms with Gasteiger partial charge in [-0.15, -0.1) is 0 Å². The molecule has 2 heterocycles. The molecule has 6 nitrogen and oxygen atoms in total. The van der Waals surface area contributed by atoms with Gasteiger partial charge in [-0.1, -0.05) is 42.5 Å². The molecule has 150 valence electrons. The van der Waals surface area contributed by atoms with E-state index < -0.39 is 0 Å². The lowest BCUT2D eigenvalue weighted by Gasteiger charge is -2.10. The van der Waals surface area contributed by atoms with E-state index in [1.165, 1.54) is 0 Å². The van der Waals surface area contributed by atoms with Gasteiger partial charge in [0.15, 0.2) is 0 Å². The fourth-order valence-electron chi connectivity index (χ4n) is 3.38. The molecule has 0 aliphatic carbocycles. The summed E-state index contributed by atoms with van der Waals surface area (Å²) in [5.41, 5.74) is 3.94. The SMILES string of the molecule is O=C(Nc1ccc2c(c1)C(=O)Nc1cccnc1O2)c1ccc(-c2ccccc2)cc1. The van der Waals surface area contributed by atoms with E-state index in [1.54, 1.807) is 48.7 Å². The highest BCUT2D eigenvalue weighted by atomic mass is 16.5. The van der Waals surface area contributed by atoms with Crippen LogP contribution in [0.15, 0.2) is 91.1 Å². The Morgan fingerprint density at radius 3 is 2.45 bits per heavy atom. The molecular weight excluding hydrogens is 390 g/mol. The number of benzene rings is 3. The standard InChI is InChI=1S/C25H17N3O3/c29-23(18-10-8-17(9-11-18)16-5-2-1-3-6-16)27-19-12-13-22-20(15-19)24(30)28-21-7-4-14-26-25(21)31-22/h1-15H,(H,27,29)(H,28,30). The fourth-order valence-corrected chi connectivity index (χ4v) is 3.38. The average Bonchev–Trinajstić information content (AvgIpc) is 2.95. The van der Waals surface area contributed by atoms with Crippen molar-refractivity contribution in [1.29, 1.82) is 0 Å². The minimum Gasteiger partial charge on any atom is -0.436 e. The quantitative estimate of drug-likeness (QED) is 0.479. The molecule has 6 heteroatoms. The molecule has 0 bridgehead atoms. The van der Waals surface area contributed by atoms with E-state index in [2.05, 4.69) is 15.6 Å². The van der Waals surface area contributed by atoms with E-state index in [1.807, 2.05) is 42.5 Å². The van der Waals surface area contributed by atoms with E-state index in [9.17, 15) is 9.59 Å². The summed E-state index contributed by atoms with van der Waals surface area (Å²) in [6, 6.07) is 25.7. The summed E-state index contributed by atoms with van der Waals surface area (Å²) in [4.78, 5) is 29.5. The van der Waals surface area contributed by atoms with E-state index >= 15 is 0 Å². The number of ether oxygens (including phenoxy) is 1. The zero-order valence-electron chi connectivity index (χ0n) is 16.3. The second-order valence-corrected chi connectivity index (χ2v) is 7.02. The lowest BCUT2D eigenvalue weighted by molar-refractivity contribution is 0.101. The maximum atomic E-state index is 12.7. The summed E-state index contributed by atoms with van der Waals surface area (Å²) in [7, 11) is 0. The Kier molecular flexibility index (Phi) is 4.65. The zero-order valence-corrected chi connectivity index (χ0v) is 16.3. The van der Waals surface area contributed by atoms with Crippen LogP contribution in [-0.4, -0.2) is 16.8 Å². The van der Waals surface area contributed by atoms with Crippen LogP contribution in [0.2, 0.25) is 0 Å². The molecule has 1 aromatic heterocycles. The Hall–Kier alpha value is -4.45. The normalized spacial score (nSPS) is 11.9. The first-order valence-electron chi connectivity index (χ1n) is 9.72. The van der Waals surface area contributed by atoms with Gasteiger partial charge >= 0.3 is 0 Å². The number of rotatable bonds is 3. The molecule has 0 saturated carbocycles. The van der Waals surface area contributed by atoms with Gasteiger partial charge < -0.3 is 15.4 Å². The van der Waals surface area contributed by atoms with Crippen LogP contribution in [0.5, 0.6) is 11.6 Å². The Morgan fingerprint density at radius 2 is 1.65 bits per heavy atom.